The quantitative estimate of drug-likeness (QED) is 0.835. The van der Waals surface area contributed by atoms with E-state index in [0.717, 1.165) is 6.07 Å². The number of halogens is 1. The molecule has 96 valence electrons. The van der Waals surface area contributed by atoms with E-state index in [9.17, 15) is 12.8 Å². The van der Waals surface area contributed by atoms with Crippen molar-refractivity contribution in [2.75, 3.05) is 19.6 Å². The highest BCUT2D eigenvalue weighted by molar-refractivity contribution is 7.89. The Bertz CT molecular complexity index is 456. The number of hydrogen-bond donors (Lipinski definition) is 1. The largest absolute Gasteiger partial charge is 0.329 e. The van der Waals surface area contributed by atoms with E-state index >= 15 is 0 Å². The Kier molecular flexibility index (Phi) is 5.04. The monoisotopic (exact) mass is 260 g/mol. The minimum absolute atomic E-state index is 0.199. The van der Waals surface area contributed by atoms with Gasteiger partial charge in [-0.05, 0) is 18.6 Å². The zero-order valence-electron chi connectivity index (χ0n) is 9.77. The van der Waals surface area contributed by atoms with E-state index in [2.05, 4.69) is 0 Å². The number of benzene rings is 1. The van der Waals surface area contributed by atoms with Crippen LogP contribution in [0.5, 0.6) is 0 Å². The van der Waals surface area contributed by atoms with Crippen LogP contribution in [0.15, 0.2) is 29.2 Å². The van der Waals surface area contributed by atoms with Gasteiger partial charge in [-0.25, -0.2) is 12.8 Å². The van der Waals surface area contributed by atoms with Crippen molar-refractivity contribution in [2.24, 2.45) is 5.73 Å². The molecule has 1 aromatic carbocycles. The Labute approximate surface area is 101 Å². The van der Waals surface area contributed by atoms with Crippen LogP contribution in [-0.2, 0) is 10.0 Å². The summed E-state index contributed by atoms with van der Waals surface area (Å²) in [5.74, 6) is -0.731. The van der Waals surface area contributed by atoms with Gasteiger partial charge in [0.1, 0.15) is 10.7 Å². The minimum atomic E-state index is -3.78. The smallest absolute Gasteiger partial charge is 0.246 e. The maximum Gasteiger partial charge on any atom is 0.246 e. The summed E-state index contributed by atoms with van der Waals surface area (Å²) in [7, 11) is -3.78. The highest BCUT2D eigenvalue weighted by Gasteiger charge is 2.25. The predicted molar refractivity (Wildman–Crippen MR) is 64.5 cm³/mol. The van der Waals surface area contributed by atoms with Crippen LogP contribution in [0.1, 0.15) is 13.3 Å². The van der Waals surface area contributed by atoms with Crippen LogP contribution in [0, 0.1) is 5.82 Å². The summed E-state index contributed by atoms with van der Waals surface area (Å²) in [6.07, 6.45) is 0.660. The van der Waals surface area contributed by atoms with Crippen molar-refractivity contribution in [2.45, 2.75) is 18.2 Å². The zero-order valence-corrected chi connectivity index (χ0v) is 10.6. The normalized spacial score (nSPS) is 12.0. The van der Waals surface area contributed by atoms with Gasteiger partial charge in [0, 0.05) is 19.6 Å². The highest BCUT2D eigenvalue weighted by Crippen LogP contribution is 2.18. The fourth-order valence-electron chi connectivity index (χ4n) is 1.54. The first-order valence-electron chi connectivity index (χ1n) is 5.48. The molecule has 0 heterocycles. The van der Waals surface area contributed by atoms with E-state index in [1.165, 1.54) is 22.5 Å². The average Bonchev–Trinajstić information content (AvgIpc) is 2.29. The molecule has 1 rings (SSSR count). The molecule has 17 heavy (non-hydrogen) atoms. The topological polar surface area (TPSA) is 63.4 Å². The van der Waals surface area contributed by atoms with Crippen molar-refractivity contribution in [1.29, 1.82) is 0 Å². The van der Waals surface area contributed by atoms with Gasteiger partial charge in [0.25, 0.3) is 0 Å². The second-order valence-corrected chi connectivity index (χ2v) is 5.53. The molecular formula is C11H17FN2O2S. The highest BCUT2D eigenvalue weighted by atomic mass is 32.2. The molecule has 0 amide bonds. The lowest BCUT2D eigenvalue weighted by molar-refractivity contribution is 0.414. The summed E-state index contributed by atoms with van der Waals surface area (Å²) >= 11 is 0. The SMILES string of the molecule is CCCN(CCN)S(=O)(=O)c1ccccc1F. The summed E-state index contributed by atoms with van der Waals surface area (Å²) < 4.78 is 39.0. The lowest BCUT2D eigenvalue weighted by atomic mass is 10.3. The molecular weight excluding hydrogens is 243 g/mol. The van der Waals surface area contributed by atoms with E-state index in [1.54, 1.807) is 0 Å². The van der Waals surface area contributed by atoms with E-state index in [-0.39, 0.29) is 18.0 Å². The van der Waals surface area contributed by atoms with Crippen LogP contribution >= 0.6 is 0 Å². The van der Waals surface area contributed by atoms with Gasteiger partial charge in [0.2, 0.25) is 10.0 Å². The van der Waals surface area contributed by atoms with Crippen LogP contribution in [0.4, 0.5) is 4.39 Å². The number of nitrogens with two attached hydrogens (primary N) is 1. The Morgan fingerprint density at radius 3 is 2.47 bits per heavy atom. The van der Waals surface area contributed by atoms with Gasteiger partial charge in [-0.3, -0.25) is 0 Å². The van der Waals surface area contributed by atoms with E-state index in [4.69, 9.17) is 5.73 Å². The summed E-state index contributed by atoms with van der Waals surface area (Å²) in [5, 5.41) is 0. The predicted octanol–water partition coefficient (Wildman–Crippen LogP) is 1.19. The molecule has 4 nitrogen and oxygen atoms in total. The Morgan fingerprint density at radius 2 is 1.94 bits per heavy atom. The van der Waals surface area contributed by atoms with Crippen molar-refractivity contribution in [3.05, 3.63) is 30.1 Å². The van der Waals surface area contributed by atoms with Crippen molar-refractivity contribution >= 4 is 10.0 Å². The Balaban J connectivity index is 3.12. The summed E-state index contributed by atoms with van der Waals surface area (Å²) in [6.45, 7) is 2.62. The molecule has 0 aromatic heterocycles. The molecule has 0 aliphatic rings. The first-order valence-corrected chi connectivity index (χ1v) is 6.92. The Hall–Kier alpha value is -0.980. The third-order valence-corrected chi connectivity index (χ3v) is 4.24. The van der Waals surface area contributed by atoms with Gasteiger partial charge < -0.3 is 5.73 Å². The second kappa shape index (κ2) is 6.09. The van der Waals surface area contributed by atoms with Crippen molar-refractivity contribution < 1.29 is 12.8 Å². The van der Waals surface area contributed by atoms with Gasteiger partial charge in [-0.2, -0.15) is 4.31 Å². The van der Waals surface area contributed by atoms with E-state index < -0.39 is 15.8 Å². The van der Waals surface area contributed by atoms with Crippen LogP contribution in [0.25, 0.3) is 0 Å². The summed E-state index contributed by atoms with van der Waals surface area (Å²) in [6, 6.07) is 5.37. The fraction of sp³-hybridized carbons (Fsp3) is 0.455. The molecule has 0 fully saturated rings. The first kappa shape index (κ1) is 14.1. The number of nitrogens with zero attached hydrogens (tertiary/aromatic N) is 1. The molecule has 0 radical (unpaired) electrons. The molecule has 0 aliphatic heterocycles. The first-order chi connectivity index (χ1) is 8.04. The van der Waals surface area contributed by atoms with Crippen molar-refractivity contribution in [1.82, 2.24) is 4.31 Å². The van der Waals surface area contributed by atoms with Gasteiger partial charge in [0.05, 0.1) is 0 Å². The van der Waals surface area contributed by atoms with Gasteiger partial charge >= 0.3 is 0 Å². The molecule has 1 aromatic rings. The molecule has 0 bridgehead atoms. The number of sulfonamides is 1. The minimum Gasteiger partial charge on any atom is -0.329 e. The molecule has 0 atom stereocenters. The third kappa shape index (κ3) is 3.24. The van der Waals surface area contributed by atoms with Gasteiger partial charge in [-0.15, -0.1) is 0 Å². The third-order valence-electron chi connectivity index (χ3n) is 2.31. The van der Waals surface area contributed by atoms with Gasteiger partial charge in [-0.1, -0.05) is 19.1 Å². The lowest BCUT2D eigenvalue weighted by Gasteiger charge is -2.21. The van der Waals surface area contributed by atoms with Crippen LogP contribution < -0.4 is 5.73 Å². The summed E-state index contributed by atoms with van der Waals surface area (Å²) in [5.41, 5.74) is 5.37. The van der Waals surface area contributed by atoms with Crippen molar-refractivity contribution in [3.8, 4) is 0 Å². The lowest BCUT2D eigenvalue weighted by Crippen LogP contribution is -2.36. The fourth-order valence-corrected chi connectivity index (χ4v) is 3.15. The molecule has 6 heteroatoms. The second-order valence-electron chi connectivity index (χ2n) is 3.62. The zero-order chi connectivity index (χ0) is 12.9. The van der Waals surface area contributed by atoms with Crippen LogP contribution in [-0.4, -0.2) is 32.4 Å². The Morgan fingerprint density at radius 1 is 1.29 bits per heavy atom. The summed E-state index contributed by atoms with van der Waals surface area (Å²) in [4.78, 5) is -0.290. The standard InChI is InChI=1S/C11H17FN2O2S/c1-2-8-14(9-7-13)17(15,16)11-6-4-3-5-10(11)12/h3-6H,2,7-9,13H2,1H3. The van der Waals surface area contributed by atoms with Crippen molar-refractivity contribution in [3.63, 3.8) is 0 Å². The van der Waals surface area contributed by atoms with Gasteiger partial charge in [0.15, 0.2) is 0 Å². The van der Waals surface area contributed by atoms with E-state index in [1.807, 2.05) is 6.92 Å². The van der Waals surface area contributed by atoms with Crippen LogP contribution in [0.3, 0.4) is 0 Å². The molecule has 2 N–H and O–H groups in total. The number of hydrogen-bond acceptors (Lipinski definition) is 3. The molecule has 0 aliphatic carbocycles. The molecule has 0 saturated heterocycles. The maximum atomic E-state index is 13.5. The number of rotatable bonds is 6. The molecule has 0 saturated carbocycles. The average molecular weight is 260 g/mol. The van der Waals surface area contributed by atoms with E-state index in [0.29, 0.717) is 13.0 Å². The molecule has 0 unspecified atom stereocenters. The molecule has 0 spiro atoms. The van der Waals surface area contributed by atoms with Crippen LogP contribution in [0.2, 0.25) is 0 Å². The maximum absolute atomic E-state index is 13.5.